The van der Waals surface area contributed by atoms with Gasteiger partial charge in [0.1, 0.15) is 0 Å². The van der Waals surface area contributed by atoms with Crippen LogP contribution in [0.5, 0.6) is 0 Å². The van der Waals surface area contributed by atoms with Crippen LogP contribution in [-0.2, 0) is 19.7 Å². The van der Waals surface area contributed by atoms with E-state index >= 15 is 0 Å². The maximum absolute atomic E-state index is 12.4. The normalized spacial score (nSPS) is 29.2. The largest absolute Gasteiger partial charge is 0.469 e. The zero-order valence-corrected chi connectivity index (χ0v) is 13.3. The molecule has 2 rings (SSSR count). The van der Waals surface area contributed by atoms with Crippen LogP contribution >= 0.6 is 0 Å². The van der Waals surface area contributed by atoms with Crippen LogP contribution in [0.2, 0.25) is 0 Å². The number of methoxy groups -OCH3 is 1. The monoisotopic (exact) mass is 319 g/mol. The van der Waals surface area contributed by atoms with Crippen molar-refractivity contribution in [3.05, 3.63) is 0 Å². The first kappa shape index (κ1) is 16.7. The number of carbonyl (C=O) groups is 1. The second-order valence-electron chi connectivity index (χ2n) is 5.87. The molecule has 7 nitrogen and oxygen atoms in total. The Kier molecular flexibility index (Phi) is 5.59. The third-order valence-corrected chi connectivity index (χ3v) is 6.09. The van der Waals surface area contributed by atoms with Crippen molar-refractivity contribution in [3.8, 4) is 0 Å². The van der Waals surface area contributed by atoms with Crippen molar-refractivity contribution in [2.45, 2.75) is 50.6 Å². The fourth-order valence-electron chi connectivity index (χ4n) is 3.07. The Labute approximate surface area is 126 Å². The number of nitrogens with two attached hydrogens (primary N) is 1. The molecule has 0 amide bonds. The Morgan fingerprint density at radius 3 is 2.38 bits per heavy atom. The third kappa shape index (κ3) is 4.15. The van der Waals surface area contributed by atoms with Gasteiger partial charge in [0.25, 0.3) is 10.2 Å². The van der Waals surface area contributed by atoms with Gasteiger partial charge in [-0.25, -0.2) is 0 Å². The molecule has 21 heavy (non-hydrogen) atoms. The topological polar surface area (TPSA) is 102 Å². The quantitative estimate of drug-likeness (QED) is 0.709. The summed E-state index contributed by atoms with van der Waals surface area (Å²) in [6, 6.07) is -0.289. The number of hydrogen-bond acceptors (Lipinski definition) is 5. The van der Waals surface area contributed by atoms with Crippen LogP contribution < -0.4 is 10.5 Å². The highest BCUT2D eigenvalue weighted by Crippen LogP contribution is 2.22. The molecule has 2 atom stereocenters. The van der Waals surface area contributed by atoms with Crippen molar-refractivity contribution >= 4 is 16.2 Å². The Bertz CT molecular complexity index is 460. The van der Waals surface area contributed by atoms with Crippen LogP contribution in [0.1, 0.15) is 38.5 Å². The van der Waals surface area contributed by atoms with E-state index in [4.69, 9.17) is 10.5 Å². The van der Waals surface area contributed by atoms with Gasteiger partial charge in [0.05, 0.1) is 13.0 Å². The average Bonchev–Trinajstić information content (AvgIpc) is 2.49. The minimum Gasteiger partial charge on any atom is -0.469 e. The molecule has 8 heteroatoms. The predicted octanol–water partition coefficient (Wildman–Crippen LogP) is -0.0243. The van der Waals surface area contributed by atoms with Crippen LogP contribution in [0.4, 0.5) is 0 Å². The summed E-state index contributed by atoms with van der Waals surface area (Å²) in [5.41, 5.74) is 5.99. The van der Waals surface area contributed by atoms with Gasteiger partial charge in [-0.15, -0.1) is 0 Å². The summed E-state index contributed by atoms with van der Waals surface area (Å²) in [6.45, 7) is 0.689. The van der Waals surface area contributed by atoms with Gasteiger partial charge in [0.15, 0.2) is 0 Å². The lowest BCUT2D eigenvalue weighted by atomic mass is 9.92. The lowest BCUT2D eigenvalue weighted by Crippen LogP contribution is -2.54. The highest BCUT2D eigenvalue weighted by atomic mass is 32.2. The van der Waals surface area contributed by atoms with E-state index in [-0.39, 0.29) is 24.0 Å². The number of carbonyl (C=O) groups excluding carboxylic acids is 1. The molecular weight excluding hydrogens is 294 g/mol. The van der Waals surface area contributed by atoms with Crippen molar-refractivity contribution in [1.82, 2.24) is 9.03 Å². The first-order valence-electron chi connectivity index (χ1n) is 7.55. The maximum atomic E-state index is 12.4. The Morgan fingerprint density at radius 1 is 1.19 bits per heavy atom. The molecule has 1 saturated carbocycles. The van der Waals surface area contributed by atoms with E-state index in [0.29, 0.717) is 25.9 Å². The molecule has 0 radical (unpaired) electrons. The molecule has 0 aromatic carbocycles. The molecule has 1 heterocycles. The van der Waals surface area contributed by atoms with Gasteiger partial charge in [0.2, 0.25) is 0 Å². The maximum Gasteiger partial charge on any atom is 0.308 e. The fourth-order valence-corrected chi connectivity index (χ4v) is 4.59. The number of rotatable bonds is 4. The second-order valence-corrected chi connectivity index (χ2v) is 7.58. The smallest absolute Gasteiger partial charge is 0.308 e. The van der Waals surface area contributed by atoms with Crippen LogP contribution in [-0.4, -0.2) is 51.0 Å². The van der Waals surface area contributed by atoms with Crippen LogP contribution in [0, 0.1) is 5.92 Å². The van der Waals surface area contributed by atoms with Crippen molar-refractivity contribution in [3.63, 3.8) is 0 Å². The van der Waals surface area contributed by atoms with Gasteiger partial charge < -0.3 is 10.5 Å². The van der Waals surface area contributed by atoms with Gasteiger partial charge in [-0.1, -0.05) is 12.8 Å². The number of nitrogens with zero attached hydrogens (tertiary/aromatic N) is 1. The van der Waals surface area contributed by atoms with Crippen LogP contribution in [0.25, 0.3) is 0 Å². The Balaban J connectivity index is 1.90. The Morgan fingerprint density at radius 2 is 1.81 bits per heavy atom. The summed E-state index contributed by atoms with van der Waals surface area (Å²) >= 11 is 0. The minimum absolute atomic E-state index is 0.110. The molecule has 1 aliphatic carbocycles. The van der Waals surface area contributed by atoms with Crippen molar-refractivity contribution in [2.24, 2.45) is 11.7 Å². The summed E-state index contributed by atoms with van der Waals surface area (Å²) in [4.78, 5) is 11.5. The predicted molar refractivity (Wildman–Crippen MR) is 78.6 cm³/mol. The fraction of sp³-hybridized carbons (Fsp3) is 0.923. The van der Waals surface area contributed by atoms with E-state index in [9.17, 15) is 13.2 Å². The lowest BCUT2D eigenvalue weighted by molar-refractivity contribution is -0.146. The van der Waals surface area contributed by atoms with E-state index in [1.165, 1.54) is 11.4 Å². The third-order valence-electron chi connectivity index (χ3n) is 4.45. The molecule has 0 aromatic rings. The zero-order valence-electron chi connectivity index (χ0n) is 12.5. The van der Waals surface area contributed by atoms with Crippen molar-refractivity contribution in [2.75, 3.05) is 20.2 Å². The van der Waals surface area contributed by atoms with E-state index in [1.54, 1.807) is 0 Å². The molecule has 122 valence electrons. The molecule has 2 unspecified atom stereocenters. The highest BCUT2D eigenvalue weighted by molar-refractivity contribution is 7.87. The number of nitrogens with one attached hydrogen (secondary N) is 1. The second kappa shape index (κ2) is 7.04. The van der Waals surface area contributed by atoms with Crippen molar-refractivity contribution < 1.29 is 17.9 Å². The summed E-state index contributed by atoms with van der Waals surface area (Å²) in [5.74, 6) is -0.451. The standard InChI is InChI=1S/C13H25N3O4S/c1-20-13(17)10-6-8-16(9-7-10)21(18,19)15-12-5-3-2-4-11(12)14/h10-12,15H,2-9,14H2,1H3. The van der Waals surface area contributed by atoms with E-state index in [1.807, 2.05) is 0 Å². The number of esters is 1. The van der Waals surface area contributed by atoms with Crippen molar-refractivity contribution in [1.29, 1.82) is 0 Å². The molecule has 2 aliphatic rings. The Hall–Kier alpha value is -0.700. The highest BCUT2D eigenvalue weighted by Gasteiger charge is 2.34. The molecule has 0 aromatic heterocycles. The van der Waals surface area contributed by atoms with Gasteiger partial charge in [0, 0.05) is 25.2 Å². The molecule has 1 aliphatic heterocycles. The SMILES string of the molecule is COC(=O)C1CCN(S(=O)(=O)NC2CCCCC2N)CC1. The summed E-state index contributed by atoms with van der Waals surface area (Å²) in [5, 5.41) is 0. The van der Waals surface area contributed by atoms with Gasteiger partial charge >= 0.3 is 5.97 Å². The van der Waals surface area contributed by atoms with Crippen LogP contribution in [0.3, 0.4) is 0 Å². The summed E-state index contributed by atoms with van der Waals surface area (Å²) < 4.78 is 33.6. The molecule has 0 bridgehead atoms. The minimum atomic E-state index is -3.52. The van der Waals surface area contributed by atoms with E-state index < -0.39 is 10.2 Å². The summed E-state index contributed by atoms with van der Waals surface area (Å²) in [7, 11) is -2.16. The number of piperidine rings is 1. The zero-order chi connectivity index (χ0) is 15.5. The first-order valence-corrected chi connectivity index (χ1v) is 8.99. The first-order chi connectivity index (χ1) is 9.94. The van der Waals surface area contributed by atoms with Gasteiger partial charge in [-0.3, -0.25) is 4.79 Å². The summed E-state index contributed by atoms with van der Waals surface area (Å²) in [6.07, 6.45) is 4.72. The molecule has 2 fully saturated rings. The average molecular weight is 319 g/mol. The molecule has 3 N–H and O–H groups in total. The lowest BCUT2D eigenvalue weighted by Gasteiger charge is -2.34. The van der Waals surface area contributed by atoms with E-state index in [2.05, 4.69) is 4.72 Å². The van der Waals surface area contributed by atoms with E-state index in [0.717, 1.165) is 25.7 Å². The number of ether oxygens (including phenoxy) is 1. The van der Waals surface area contributed by atoms with Crippen LogP contribution in [0.15, 0.2) is 0 Å². The van der Waals surface area contributed by atoms with Gasteiger partial charge in [-0.05, 0) is 25.7 Å². The molecule has 1 saturated heterocycles. The number of hydrogen-bond donors (Lipinski definition) is 2. The van der Waals surface area contributed by atoms with Gasteiger partial charge in [-0.2, -0.15) is 17.4 Å². The molecular formula is C13H25N3O4S. The molecule has 0 spiro atoms.